The van der Waals surface area contributed by atoms with Gasteiger partial charge in [-0.1, -0.05) is 30.3 Å². The minimum Gasteiger partial charge on any atom is -0.384 e. The molecule has 3 atom stereocenters. The van der Waals surface area contributed by atoms with Gasteiger partial charge in [0.25, 0.3) is 0 Å². The van der Waals surface area contributed by atoms with Gasteiger partial charge in [-0.05, 0) is 19.5 Å². The third kappa shape index (κ3) is 4.22. The topological polar surface area (TPSA) is 38.3 Å². The Morgan fingerprint density at radius 3 is 2.53 bits per heavy atom. The zero-order chi connectivity index (χ0) is 12.7. The molecular weight excluding hydrogens is 234 g/mol. The number of benzene rings is 1. The quantitative estimate of drug-likeness (QED) is 0.806. The fraction of sp³-hybridized carbons (Fsp3) is 0.538. The van der Waals surface area contributed by atoms with E-state index >= 15 is 0 Å². The lowest BCUT2D eigenvalue weighted by molar-refractivity contribution is 0.217. The molecule has 0 bridgehead atoms. The molecule has 1 N–H and O–H groups in total. The van der Waals surface area contributed by atoms with Crippen LogP contribution >= 0.6 is 0 Å². The second kappa shape index (κ2) is 7.58. The Morgan fingerprint density at radius 2 is 2.00 bits per heavy atom. The van der Waals surface area contributed by atoms with Gasteiger partial charge in [-0.3, -0.25) is 4.21 Å². The van der Waals surface area contributed by atoms with Crippen molar-refractivity contribution < 1.29 is 8.95 Å². The molecule has 0 saturated heterocycles. The molecule has 1 aromatic carbocycles. The van der Waals surface area contributed by atoms with Gasteiger partial charge in [-0.2, -0.15) is 0 Å². The summed E-state index contributed by atoms with van der Waals surface area (Å²) in [4.78, 5) is 0. The Labute approximate surface area is 106 Å². The Hall–Kier alpha value is -0.710. The second-order valence-corrected chi connectivity index (χ2v) is 5.87. The lowest BCUT2D eigenvalue weighted by atomic mass is 10.0. The highest BCUT2D eigenvalue weighted by Gasteiger charge is 2.22. The number of methoxy groups -OCH3 is 1. The van der Waals surface area contributed by atoms with Crippen LogP contribution in [0.5, 0.6) is 0 Å². The SMILES string of the molecule is CNC(c1ccccc1)C(C)S(=O)CCOC. The molecule has 17 heavy (non-hydrogen) atoms. The number of hydrogen-bond acceptors (Lipinski definition) is 3. The van der Waals surface area contributed by atoms with Crippen molar-refractivity contribution >= 4 is 10.8 Å². The molecule has 0 saturated carbocycles. The molecule has 96 valence electrons. The summed E-state index contributed by atoms with van der Waals surface area (Å²) in [7, 11) is 2.66. The highest BCUT2D eigenvalue weighted by atomic mass is 32.2. The summed E-state index contributed by atoms with van der Waals surface area (Å²) < 4.78 is 17.0. The van der Waals surface area contributed by atoms with Crippen molar-refractivity contribution in [3.8, 4) is 0 Å². The van der Waals surface area contributed by atoms with Gasteiger partial charge in [-0.25, -0.2) is 0 Å². The first-order valence-corrected chi connectivity index (χ1v) is 7.17. The highest BCUT2D eigenvalue weighted by molar-refractivity contribution is 7.85. The molecule has 1 rings (SSSR count). The van der Waals surface area contributed by atoms with Crippen molar-refractivity contribution in [2.75, 3.05) is 26.5 Å². The van der Waals surface area contributed by atoms with Crippen LogP contribution in [0.1, 0.15) is 18.5 Å². The predicted molar refractivity (Wildman–Crippen MR) is 72.6 cm³/mol. The van der Waals surface area contributed by atoms with E-state index in [0.717, 1.165) is 0 Å². The zero-order valence-corrected chi connectivity index (χ0v) is 11.5. The molecular formula is C13H21NO2S. The average Bonchev–Trinajstić information content (AvgIpc) is 2.38. The molecule has 0 aromatic heterocycles. The first-order chi connectivity index (χ1) is 8.20. The molecule has 0 heterocycles. The Bertz CT molecular complexity index is 343. The normalized spacial score (nSPS) is 16.4. The van der Waals surface area contributed by atoms with Gasteiger partial charge in [0.15, 0.2) is 0 Å². The summed E-state index contributed by atoms with van der Waals surface area (Å²) in [6.45, 7) is 2.56. The zero-order valence-electron chi connectivity index (χ0n) is 10.7. The van der Waals surface area contributed by atoms with E-state index in [1.54, 1.807) is 7.11 Å². The van der Waals surface area contributed by atoms with E-state index in [-0.39, 0.29) is 11.3 Å². The summed E-state index contributed by atoms with van der Waals surface area (Å²) >= 11 is 0. The van der Waals surface area contributed by atoms with E-state index < -0.39 is 10.8 Å². The first kappa shape index (κ1) is 14.4. The Morgan fingerprint density at radius 1 is 1.35 bits per heavy atom. The van der Waals surface area contributed by atoms with Crippen LogP contribution in [0, 0.1) is 0 Å². The van der Waals surface area contributed by atoms with Crippen molar-refractivity contribution in [2.24, 2.45) is 0 Å². The molecule has 0 amide bonds. The summed E-state index contributed by atoms with van der Waals surface area (Å²) in [5.41, 5.74) is 1.17. The lowest BCUT2D eigenvalue weighted by Crippen LogP contribution is -2.32. The van der Waals surface area contributed by atoms with Crippen molar-refractivity contribution in [3.63, 3.8) is 0 Å². The minimum atomic E-state index is -0.883. The van der Waals surface area contributed by atoms with Crippen molar-refractivity contribution in [1.82, 2.24) is 5.32 Å². The van der Waals surface area contributed by atoms with Gasteiger partial charge in [0.1, 0.15) is 0 Å². The molecule has 0 aliphatic rings. The largest absolute Gasteiger partial charge is 0.384 e. The molecule has 3 nitrogen and oxygen atoms in total. The Kier molecular flexibility index (Phi) is 6.40. The third-order valence-corrected chi connectivity index (χ3v) is 4.51. The van der Waals surface area contributed by atoms with Crippen molar-refractivity contribution in [1.29, 1.82) is 0 Å². The molecule has 0 aliphatic carbocycles. The monoisotopic (exact) mass is 255 g/mol. The molecule has 0 aliphatic heterocycles. The van der Waals surface area contributed by atoms with E-state index in [2.05, 4.69) is 17.4 Å². The van der Waals surface area contributed by atoms with Gasteiger partial charge in [0.05, 0.1) is 11.9 Å². The average molecular weight is 255 g/mol. The minimum absolute atomic E-state index is 0.0672. The van der Waals surface area contributed by atoms with Crippen molar-refractivity contribution in [2.45, 2.75) is 18.2 Å². The summed E-state index contributed by atoms with van der Waals surface area (Å²) in [5.74, 6) is 0.586. The molecule has 0 fully saturated rings. The van der Waals surface area contributed by atoms with Gasteiger partial charge in [0, 0.05) is 29.7 Å². The van der Waals surface area contributed by atoms with Gasteiger partial charge >= 0.3 is 0 Å². The number of ether oxygens (including phenoxy) is 1. The maximum atomic E-state index is 12.1. The summed E-state index contributed by atoms with van der Waals surface area (Å²) in [6.07, 6.45) is 0. The molecule has 4 heteroatoms. The maximum absolute atomic E-state index is 12.1. The molecule has 3 unspecified atom stereocenters. The third-order valence-electron chi connectivity index (χ3n) is 2.84. The van der Waals surface area contributed by atoms with Crippen LogP contribution in [0.2, 0.25) is 0 Å². The van der Waals surface area contributed by atoms with E-state index in [1.165, 1.54) is 5.56 Å². The van der Waals surface area contributed by atoms with Crippen LogP contribution < -0.4 is 5.32 Å². The molecule has 0 spiro atoms. The van der Waals surface area contributed by atoms with E-state index in [1.807, 2.05) is 32.2 Å². The van der Waals surface area contributed by atoms with Crippen LogP contribution in [-0.2, 0) is 15.5 Å². The van der Waals surface area contributed by atoms with E-state index in [9.17, 15) is 4.21 Å². The van der Waals surface area contributed by atoms with E-state index in [4.69, 9.17) is 4.74 Å². The van der Waals surface area contributed by atoms with Crippen LogP contribution in [0.4, 0.5) is 0 Å². The smallest absolute Gasteiger partial charge is 0.0577 e. The predicted octanol–water partition coefficient (Wildman–Crippen LogP) is 1.73. The van der Waals surface area contributed by atoms with Crippen LogP contribution in [0.15, 0.2) is 30.3 Å². The fourth-order valence-electron chi connectivity index (χ4n) is 1.84. The number of nitrogens with one attached hydrogen (secondary N) is 1. The highest BCUT2D eigenvalue weighted by Crippen LogP contribution is 2.20. The van der Waals surface area contributed by atoms with Crippen LogP contribution in [0.3, 0.4) is 0 Å². The van der Waals surface area contributed by atoms with Crippen LogP contribution in [-0.4, -0.2) is 36.0 Å². The van der Waals surface area contributed by atoms with Crippen LogP contribution in [0.25, 0.3) is 0 Å². The summed E-state index contributed by atoms with van der Waals surface area (Å²) in [5, 5.41) is 3.31. The maximum Gasteiger partial charge on any atom is 0.0577 e. The van der Waals surface area contributed by atoms with Gasteiger partial charge in [-0.15, -0.1) is 0 Å². The molecule has 1 aromatic rings. The van der Waals surface area contributed by atoms with Gasteiger partial charge < -0.3 is 10.1 Å². The number of rotatable bonds is 7. The fourth-order valence-corrected chi connectivity index (χ4v) is 3.14. The van der Waals surface area contributed by atoms with Crippen molar-refractivity contribution in [3.05, 3.63) is 35.9 Å². The number of hydrogen-bond donors (Lipinski definition) is 1. The van der Waals surface area contributed by atoms with E-state index in [0.29, 0.717) is 12.4 Å². The first-order valence-electron chi connectivity index (χ1n) is 5.79. The summed E-state index contributed by atoms with van der Waals surface area (Å²) in [6, 6.07) is 10.2. The lowest BCUT2D eigenvalue weighted by Gasteiger charge is -2.23. The molecule has 0 radical (unpaired) electrons. The second-order valence-electron chi connectivity index (χ2n) is 3.96. The van der Waals surface area contributed by atoms with Gasteiger partial charge in [0.2, 0.25) is 0 Å². The Balaban J connectivity index is 2.70. The standard InChI is InChI=1S/C13H21NO2S/c1-11(17(15)10-9-16-3)13(14-2)12-7-5-4-6-8-12/h4-8,11,13-14H,9-10H2,1-3H3.